The Labute approximate surface area is 198 Å². The number of piperidine rings is 1. The highest BCUT2D eigenvalue weighted by Gasteiger charge is 2.26. The first-order valence-corrected chi connectivity index (χ1v) is 12.7. The Morgan fingerprint density at radius 1 is 1.15 bits per heavy atom. The third-order valence-electron chi connectivity index (χ3n) is 6.92. The Morgan fingerprint density at radius 2 is 1.91 bits per heavy atom. The molecule has 0 aliphatic carbocycles. The average molecular weight is 462 g/mol. The number of hydrogen-bond donors (Lipinski definition) is 0. The van der Waals surface area contributed by atoms with E-state index >= 15 is 0 Å². The minimum atomic E-state index is 0.245. The number of nitrogens with zero attached hydrogens (tertiary/aromatic N) is 5. The molecule has 0 bridgehead atoms. The van der Waals surface area contributed by atoms with Crippen molar-refractivity contribution < 1.29 is 4.79 Å². The molecule has 0 radical (unpaired) electrons. The van der Waals surface area contributed by atoms with Crippen molar-refractivity contribution in [1.82, 2.24) is 24.6 Å². The van der Waals surface area contributed by atoms with Crippen molar-refractivity contribution in [2.75, 3.05) is 13.1 Å². The second-order valence-electron chi connectivity index (χ2n) is 9.40. The van der Waals surface area contributed by atoms with E-state index < -0.39 is 0 Å². The van der Waals surface area contributed by atoms with Crippen LogP contribution in [0.1, 0.15) is 66.9 Å². The van der Waals surface area contributed by atoms with Gasteiger partial charge in [-0.15, -0.1) is 11.3 Å². The Morgan fingerprint density at radius 3 is 2.64 bits per heavy atom. The zero-order valence-corrected chi connectivity index (χ0v) is 20.7. The van der Waals surface area contributed by atoms with E-state index in [4.69, 9.17) is 9.97 Å². The minimum Gasteiger partial charge on any atom is -0.343 e. The van der Waals surface area contributed by atoms with Crippen LogP contribution in [0.4, 0.5) is 0 Å². The number of aryl methyl sites for hydroxylation is 2. The molecule has 7 heteroatoms. The van der Waals surface area contributed by atoms with Gasteiger partial charge in [0, 0.05) is 42.6 Å². The van der Waals surface area contributed by atoms with Crippen molar-refractivity contribution in [3.05, 3.63) is 52.3 Å². The molecule has 33 heavy (non-hydrogen) atoms. The lowest BCUT2D eigenvalue weighted by Gasteiger charge is -2.31. The summed E-state index contributed by atoms with van der Waals surface area (Å²) in [7, 11) is 0. The summed E-state index contributed by atoms with van der Waals surface area (Å²) in [6, 6.07) is 8.60. The number of benzene rings is 1. The van der Waals surface area contributed by atoms with Crippen LogP contribution in [-0.2, 0) is 11.2 Å². The number of para-hydroxylation sites is 1. The monoisotopic (exact) mass is 461 g/mol. The first-order valence-electron chi connectivity index (χ1n) is 11.9. The van der Waals surface area contributed by atoms with Gasteiger partial charge in [-0.1, -0.05) is 12.1 Å². The Balaban J connectivity index is 1.22. The summed E-state index contributed by atoms with van der Waals surface area (Å²) in [5.74, 6) is 0.703. The van der Waals surface area contributed by atoms with Gasteiger partial charge in [0.2, 0.25) is 5.91 Å². The van der Waals surface area contributed by atoms with Crippen molar-refractivity contribution in [1.29, 1.82) is 0 Å². The lowest BCUT2D eigenvalue weighted by molar-refractivity contribution is -0.132. The normalized spacial score (nSPS) is 15.2. The summed E-state index contributed by atoms with van der Waals surface area (Å²) in [6.07, 6.45) is 5.15. The van der Waals surface area contributed by atoms with Crippen LogP contribution in [-0.4, -0.2) is 43.6 Å². The standard InChI is InChI=1S/C26H31N5OS/c1-16(2)31-25-21(15-27-31)17(3)20(18(4)28-25)9-10-24(32)30-13-11-19(12-14-30)26-29-22-7-5-6-8-23(22)33-26/h5-8,15-16,19H,9-14H2,1-4H3. The van der Waals surface area contributed by atoms with Gasteiger partial charge in [0.05, 0.1) is 21.4 Å². The van der Waals surface area contributed by atoms with Crippen molar-refractivity contribution in [2.45, 2.75) is 65.3 Å². The SMILES string of the molecule is Cc1nc2c(cnn2C(C)C)c(C)c1CCC(=O)N1CCC(c2nc3ccccc3s2)CC1. The van der Waals surface area contributed by atoms with E-state index in [0.29, 0.717) is 12.3 Å². The molecule has 4 heterocycles. The predicted molar refractivity (Wildman–Crippen MR) is 134 cm³/mol. The molecule has 1 amide bonds. The molecular formula is C26H31N5OS. The summed E-state index contributed by atoms with van der Waals surface area (Å²) >= 11 is 1.80. The van der Waals surface area contributed by atoms with Crippen molar-refractivity contribution in [2.24, 2.45) is 0 Å². The molecule has 1 aliphatic rings. The van der Waals surface area contributed by atoms with E-state index in [-0.39, 0.29) is 11.9 Å². The first-order chi connectivity index (χ1) is 15.9. The molecule has 1 saturated heterocycles. The Hall–Kier alpha value is -2.80. The molecule has 4 aromatic rings. The largest absolute Gasteiger partial charge is 0.343 e. The van der Waals surface area contributed by atoms with Crippen LogP contribution < -0.4 is 0 Å². The molecule has 0 saturated carbocycles. The third kappa shape index (κ3) is 4.14. The van der Waals surface area contributed by atoms with E-state index in [1.165, 1.54) is 20.8 Å². The van der Waals surface area contributed by atoms with Crippen LogP contribution >= 0.6 is 11.3 Å². The maximum absolute atomic E-state index is 13.0. The van der Waals surface area contributed by atoms with Gasteiger partial charge in [0.25, 0.3) is 0 Å². The molecule has 3 aromatic heterocycles. The quantitative estimate of drug-likeness (QED) is 0.389. The van der Waals surface area contributed by atoms with Gasteiger partial charge in [-0.3, -0.25) is 4.79 Å². The number of carbonyl (C=O) groups is 1. The van der Waals surface area contributed by atoms with Crippen LogP contribution in [0.3, 0.4) is 0 Å². The number of aromatic nitrogens is 4. The molecular weight excluding hydrogens is 430 g/mol. The molecule has 6 nitrogen and oxygen atoms in total. The summed E-state index contributed by atoms with van der Waals surface area (Å²) < 4.78 is 3.22. The molecule has 1 aliphatic heterocycles. The van der Waals surface area contributed by atoms with Crippen molar-refractivity contribution in [3.63, 3.8) is 0 Å². The highest BCUT2D eigenvalue weighted by atomic mass is 32.1. The minimum absolute atomic E-state index is 0.245. The maximum Gasteiger partial charge on any atom is 0.222 e. The fourth-order valence-corrected chi connectivity index (χ4v) is 6.11. The van der Waals surface area contributed by atoms with Gasteiger partial charge < -0.3 is 4.90 Å². The van der Waals surface area contributed by atoms with Gasteiger partial charge in [0.15, 0.2) is 5.65 Å². The lowest BCUT2D eigenvalue weighted by atomic mass is 9.96. The van der Waals surface area contributed by atoms with Crippen molar-refractivity contribution >= 4 is 38.5 Å². The molecule has 0 N–H and O–H groups in total. The number of thiazole rings is 1. The maximum atomic E-state index is 13.0. The van der Waals surface area contributed by atoms with E-state index in [1.54, 1.807) is 11.3 Å². The smallest absolute Gasteiger partial charge is 0.222 e. The zero-order valence-electron chi connectivity index (χ0n) is 19.8. The molecule has 0 spiro atoms. The fraction of sp³-hybridized carbons (Fsp3) is 0.462. The molecule has 0 atom stereocenters. The summed E-state index contributed by atoms with van der Waals surface area (Å²) in [5, 5.41) is 6.84. The van der Waals surface area contributed by atoms with E-state index in [1.807, 2.05) is 28.8 Å². The molecule has 172 valence electrons. The van der Waals surface area contributed by atoms with Crippen LogP contribution in [0.25, 0.3) is 21.3 Å². The van der Waals surface area contributed by atoms with Crippen molar-refractivity contribution in [3.8, 4) is 0 Å². The van der Waals surface area contributed by atoms with Crippen LogP contribution in [0, 0.1) is 13.8 Å². The number of carbonyl (C=O) groups excluding carboxylic acids is 1. The Kier molecular flexibility index (Phi) is 5.91. The predicted octanol–water partition coefficient (Wildman–Crippen LogP) is 5.58. The number of likely N-dealkylation sites (tertiary alicyclic amines) is 1. The zero-order chi connectivity index (χ0) is 23.1. The third-order valence-corrected chi connectivity index (χ3v) is 8.12. The van der Waals surface area contributed by atoms with Gasteiger partial charge >= 0.3 is 0 Å². The first kappa shape index (κ1) is 22.0. The van der Waals surface area contributed by atoms with Crippen LogP contribution in [0.5, 0.6) is 0 Å². The highest BCUT2D eigenvalue weighted by molar-refractivity contribution is 7.18. The number of hydrogen-bond acceptors (Lipinski definition) is 5. The number of rotatable bonds is 5. The fourth-order valence-electron chi connectivity index (χ4n) is 4.97. The highest BCUT2D eigenvalue weighted by Crippen LogP contribution is 2.34. The number of fused-ring (bicyclic) bond motifs is 2. The van der Waals surface area contributed by atoms with Crippen LogP contribution in [0.15, 0.2) is 30.5 Å². The van der Waals surface area contributed by atoms with E-state index in [0.717, 1.165) is 54.6 Å². The second-order valence-corrected chi connectivity index (χ2v) is 10.5. The molecule has 1 aromatic carbocycles. The van der Waals surface area contributed by atoms with Gasteiger partial charge in [-0.2, -0.15) is 5.10 Å². The summed E-state index contributed by atoms with van der Waals surface area (Å²) in [4.78, 5) is 24.7. The molecule has 0 unspecified atom stereocenters. The van der Waals surface area contributed by atoms with Gasteiger partial charge in [0.1, 0.15) is 0 Å². The number of pyridine rings is 1. The second kappa shape index (κ2) is 8.86. The topological polar surface area (TPSA) is 63.9 Å². The van der Waals surface area contributed by atoms with Gasteiger partial charge in [-0.25, -0.2) is 14.6 Å². The van der Waals surface area contributed by atoms with E-state index in [9.17, 15) is 4.79 Å². The van der Waals surface area contributed by atoms with E-state index in [2.05, 4.69) is 44.1 Å². The molecule has 1 fully saturated rings. The lowest BCUT2D eigenvalue weighted by Crippen LogP contribution is -2.38. The average Bonchev–Trinajstić information content (AvgIpc) is 3.43. The summed E-state index contributed by atoms with van der Waals surface area (Å²) in [6.45, 7) is 10.0. The van der Waals surface area contributed by atoms with Crippen LogP contribution in [0.2, 0.25) is 0 Å². The van der Waals surface area contributed by atoms with Gasteiger partial charge in [-0.05, 0) is 70.2 Å². The molecule has 5 rings (SSSR count). The Bertz CT molecular complexity index is 1280. The summed E-state index contributed by atoms with van der Waals surface area (Å²) in [5.41, 5.74) is 5.42. The number of amides is 1.